The maximum atomic E-state index is 12.6. The zero-order valence-electron chi connectivity index (χ0n) is 15.3. The lowest BCUT2D eigenvalue weighted by atomic mass is 10.1. The van der Waals surface area contributed by atoms with Crippen molar-refractivity contribution in [3.63, 3.8) is 0 Å². The number of rotatable bonds is 8. The van der Waals surface area contributed by atoms with E-state index in [9.17, 15) is 4.79 Å². The van der Waals surface area contributed by atoms with Crippen molar-refractivity contribution in [3.8, 4) is 0 Å². The number of amides is 1. The van der Waals surface area contributed by atoms with E-state index in [1.807, 2.05) is 48.5 Å². The molecule has 0 saturated heterocycles. The monoisotopic (exact) mass is 383 g/mol. The SMILES string of the molecule is COCc1ccc(CNC(=O)c2ccccc2SCc2noc(C)n2)cc1. The fourth-order valence-electron chi connectivity index (χ4n) is 2.52. The predicted molar refractivity (Wildman–Crippen MR) is 103 cm³/mol. The van der Waals surface area contributed by atoms with E-state index < -0.39 is 0 Å². The molecule has 0 bridgehead atoms. The second-order valence-corrected chi connectivity index (χ2v) is 6.96. The molecule has 27 heavy (non-hydrogen) atoms. The Bertz CT molecular complexity index is 893. The van der Waals surface area contributed by atoms with Crippen molar-refractivity contribution < 1.29 is 14.1 Å². The minimum absolute atomic E-state index is 0.108. The van der Waals surface area contributed by atoms with Crippen LogP contribution in [0.1, 0.15) is 33.2 Å². The molecule has 2 aromatic carbocycles. The number of nitrogens with zero attached hydrogens (tertiary/aromatic N) is 2. The zero-order chi connectivity index (χ0) is 19.1. The van der Waals surface area contributed by atoms with Crippen LogP contribution in [0.2, 0.25) is 0 Å². The molecule has 1 aromatic heterocycles. The van der Waals surface area contributed by atoms with Crippen LogP contribution in [0, 0.1) is 6.92 Å². The Kier molecular flexibility index (Phi) is 6.62. The van der Waals surface area contributed by atoms with E-state index >= 15 is 0 Å². The van der Waals surface area contributed by atoms with E-state index in [4.69, 9.17) is 9.26 Å². The summed E-state index contributed by atoms with van der Waals surface area (Å²) < 4.78 is 10.1. The quantitative estimate of drug-likeness (QED) is 0.597. The second-order valence-electron chi connectivity index (χ2n) is 5.95. The van der Waals surface area contributed by atoms with Gasteiger partial charge in [0.05, 0.1) is 17.9 Å². The molecule has 3 rings (SSSR count). The number of carbonyl (C=O) groups is 1. The third kappa shape index (κ3) is 5.42. The normalized spacial score (nSPS) is 10.7. The fourth-order valence-corrected chi connectivity index (χ4v) is 3.41. The number of nitrogens with one attached hydrogen (secondary N) is 1. The van der Waals surface area contributed by atoms with Crippen LogP contribution in [0.5, 0.6) is 0 Å². The second kappa shape index (κ2) is 9.34. The lowest BCUT2D eigenvalue weighted by Crippen LogP contribution is -2.23. The molecule has 0 aliphatic carbocycles. The van der Waals surface area contributed by atoms with Crippen LogP contribution in [0.4, 0.5) is 0 Å². The molecule has 1 amide bonds. The standard InChI is InChI=1S/C20H21N3O3S/c1-14-22-19(23-26-14)13-27-18-6-4-3-5-17(18)20(24)21-11-15-7-9-16(10-8-15)12-25-2/h3-10H,11-13H2,1-2H3,(H,21,24). The minimum Gasteiger partial charge on any atom is -0.380 e. The molecule has 140 valence electrons. The number of benzene rings is 2. The van der Waals surface area contributed by atoms with Crippen LogP contribution in [-0.2, 0) is 23.6 Å². The first kappa shape index (κ1) is 19.1. The Hall–Kier alpha value is -2.64. The van der Waals surface area contributed by atoms with E-state index in [0.29, 0.717) is 36.2 Å². The summed E-state index contributed by atoms with van der Waals surface area (Å²) in [5, 5.41) is 6.86. The first-order chi connectivity index (χ1) is 13.2. The van der Waals surface area contributed by atoms with Gasteiger partial charge in [-0.15, -0.1) is 11.8 Å². The van der Waals surface area contributed by atoms with Gasteiger partial charge in [0, 0.05) is 25.5 Å². The number of methoxy groups -OCH3 is 1. The van der Waals surface area contributed by atoms with Crippen molar-refractivity contribution >= 4 is 17.7 Å². The Morgan fingerprint density at radius 3 is 2.59 bits per heavy atom. The topological polar surface area (TPSA) is 77.2 Å². The van der Waals surface area contributed by atoms with Crippen molar-refractivity contribution in [1.82, 2.24) is 15.5 Å². The van der Waals surface area contributed by atoms with Gasteiger partial charge in [-0.05, 0) is 23.3 Å². The lowest BCUT2D eigenvalue weighted by molar-refractivity contribution is 0.0948. The Balaban J connectivity index is 1.60. The average molecular weight is 383 g/mol. The van der Waals surface area contributed by atoms with Gasteiger partial charge in [-0.3, -0.25) is 4.79 Å². The minimum atomic E-state index is -0.108. The molecular weight excluding hydrogens is 362 g/mol. The van der Waals surface area contributed by atoms with Crippen LogP contribution in [0.25, 0.3) is 0 Å². The molecule has 1 heterocycles. The number of aryl methyl sites for hydroxylation is 1. The molecule has 0 aliphatic rings. The summed E-state index contributed by atoms with van der Waals surface area (Å²) in [7, 11) is 1.67. The van der Waals surface area contributed by atoms with Crippen molar-refractivity contribution in [3.05, 3.63) is 76.9 Å². The number of ether oxygens (including phenoxy) is 1. The third-order valence-corrected chi connectivity index (χ3v) is 4.91. The van der Waals surface area contributed by atoms with Gasteiger partial charge in [0.1, 0.15) is 0 Å². The predicted octanol–water partition coefficient (Wildman–Crippen LogP) is 3.75. The number of thioether (sulfide) groups is 1. The molecule has 1 N–H and O–H groups in total. The van der Waals surface area contributed by atoms with Crippen LogP contribution < -0.4 is 5.32 Å². The summed E-state index contributed by atoms with van der Waals surface area (Å²) in [5.41, 5.74) is 2.78. The number of carbonyl (C=O) groups excluding carboxylic acids is 1. The van der Waals surface area contributed by atoms with Gasteiger partial charge in [-0.1, -0.05) is 41.6 Å². The van der Waals surface area contributed by atoms with Gasteiger partial charge in [-0.2, -0.15) is 4.98 Å². The molecule has 0 fully saturated rings. The molecule has 6 nitrogen and oxygen atoms in total. The summed E-state index contributed by atoms with van der Waals surface area (Å²) >= 11 is 1.51. The van der Waals surface area contributed by atoms with Crippen LogP contribution in [-0.4, -0.2) is 23.2 Å². The molecule has 7 heteroatoms. The van der Waals surface area contributed by atoms with Gasteiger partial charge in [0.15, 0.2) is 5.82 Å². The number of hydrogen-bond acceptors (Lipinski definition) is 6. The molecule has 0 atom stereocenters. The zero-order valence-corrected chi connectivity index (χ0v) is 16.1. The van der Waals surface area contributed by atoms with Crippen molar-refractivity contribution in [2.24, 2.45) is 0 Å². The van der Waals surface area contributed by atoms with E-state index in [1.165, 1.54) is 11.8 Å². The van der Waals surface area contributed by atoms with Gasteiger partial charge in [0.25, 0.3) is 5.91 Å². The molecule has 0 spiro atoms. The summed E-state index contributed by atoms with van der Waals surface area (Å²) in [6, 6.07) is 15.5. The van der Waals surface area contributed by atoms with E-state index in [0.717, 1.165) is 16.0 Å². The Morgan fingerprint density at radius 1 is 1.15 bits per heavy atom. The summed E-state index contributed by atoms with van der Waals surface area (Å²) in [6.07, 6.45) is 0. The van der Waals surface area contributed by atoms with E-state index in [2.05, 4.69) is 15.5 Å². The Labute approximate surface area is 162 Å². The summed E-state index contributed by atoms with van der Waals surface area (Å²) in [6.45, 7) is 2.80. The molecule has 0 aliphatic heterocycles. The third-order valence-electron chi connectivity index (χ3n) is 3.85. The van der Waals surface area contributed by atoms with Crippen LogP contribution in [0.15, 0.2) is 57.9 Å². The van der Waals surface area contributed by atoms with Crippen molar-refractivity contribution in [2.75, 3.05) is 7.11 Å². The van der Waals surface area contributed by atoms with Crippen molar-refractivity contribution in [1.29, 1.82) is 0 Å². The number of aromatic nitrogens is 2. The fraction of sp³-hybridized carbons (Fsp3) is 0.250. The van der Waals surface area contributed by atoms with Gasteiger partial charge >= 0.3 is 0 Å². The van der Waals surface area contributed by atoms with Gasteiger partial charge in [0.2, 0.25) is 5.89 Å². The molecule has 3 aromatic rings. The highest BCUT2D eigenvalue weighted by Gasteiger charge is 2.12. The van der Waals surface area contributed by atoms with E-state index in [-0.39, 0.29) is 5.91 Å². The summed E-state index contributed by atoms with van der Waals surface area (Å²) in [4.78, 5) is 17.7. The smallest absolute Gasteiger partial charge is 0.252 e. The largest absolute Gasteiger partial charge is 0.380 e. The maximum Gasteiger partial charge on any atom is 0.252 e. The Morgan fingerprint density at radius 2 is 1.89 bits per heavy atom. The molecule has 0 unspecified atom stereocenters. The van der Waals surface area contributed by atoms with Crippen molar-refractivity contribution in [2.45, 2.75) is 30.7 Å². The molecule has 0 saturated carbocycles. The summed E-state index contributed by atoms with van der Waals surface area (Å²) in [5.74, 6) is 1.59. The molecular formula is C20H21N3O3S. The van der Waals surface area contributed by atoms with Gasteiger partial charge < -0.3 is 14.6 Å². The average Bonchev–Trinajstić information content (AvgIpc) is 3.11. The van der Waals surface area contributed by atoms with Crippen LogP contribution >= 0.6 is 11.8 Å². The van der Waals surface area contributed by atoms with Gasteiger partial charge in [-0.25, -0.2) is 0 Å². The molecule has 0 radical (unpaired) electrons. The number of hydrogen-bond donors (Lipinski definition) is 1. The maximum absolute atomic E-state index is 12.6. The van der Waals surface area contributed by atoms with Crippen LogP contribution in [0.3, 0.4) is 0 Å². The van der Waals surface area contributed by atoms with E-state index in [1.54, 1.807) is 14.0 Å². The highest BCUT2D eigenvalue weighted by molar-refractivity contribution is 7.98. The lowest BCUT2D eigenvalue weighted by Gasteiger charge is -2.10. The highest BCUT2D eigenvalue weighted by Crippen LogP contribution is 2.25. The first-order valence-electron chi connectivity index (χ1n) is 8.51. The first-order valence-corrected chi connectivity index (χ1v) is 9.50. The highest BCUT2D eigenvalue weighted by atomic mass is 32.2.